The van der Waals surface area contributed by atoms with Crippen LogP contribution in [0, 0.1) is 11.8 Å². The van der Waals surface area contributed by atoms with Crippen LogP contribution in [0.2, 0.25) is 0 Å². The van der Waals surface area contributed by atoms with E-state index in [0.29, 0.717) is 43.1 Å². The molecule has 1 aliphatic carbocycles. The van der Waals surface area contributed by atoms with Gasteiger partial charge in [0.25, 0.3) is 0 Å². The van der Waals surface area contributed by atoms with Gasteiger partial charge < -0.3 is 29.1 Å². The Morgan fingerprint density at radius 1 is 0.746 bits per heavy atom. The number of Topliss-reactive ketones (excluding diaryl/α,β-unsaturated/α-hetero) is 1. The quantitative estimate of drug-likeness (QED) is 0.0177. The first kappa shape index (κ1) is 58.1. The topological polar surface area (TPSA) is 166 Å². The van der Waals surface area contributed by atoms with Gasteiger partial charge in [0, 0.05) is 31.1 Å². The van der Waals surface area contributed by atoms with Gasteiger partial charge in [0.05, 0.1) is 40.0 Å². The Morgan fingerprint density at radius 2 is 1.32 bits per heavy atom. The summed E-state index contributed by atoms with van der Waals surface area (Å²) in [7, 11) is 1.30. The van der Waals surface area contributed by atoms with Crippen molar-refractivity contribution in [3.05, 3.63) is 72.9 Å². The van der Waals surface area contributed by atoms with Crippen molar-refractivity contribution in [1.29, 1.82) is 0 Å². The van der Waals surface area contributed by atoms with Crippen molar-refractivity contribution in [1.82, 2.24) is 0 Å². The van der Waals surface area contributed by atoms with Crippen LogP contribution in [0.1, 0.15) is 149 Å². The Labute approximate surface area is 380 Å². The number of rotatable bonds is 38. The molecule has 12 nitrogen and oxygen atoms in total. The summed E-state index contributed by atoms with van der Waals surface area (Å²) in [5, 5.41) is 20.8. The van der Waals surface area contributed by atoms with Gasteiger partial charge in [0.2, 0.25) is 0 Å². The maximum Gasteiger partial charge on any atom is 0.472 e. The van der Waals surface area contributed by atoms with Crippen LogP contribution in [0.5, 0.6) is 0 Å². The highest BCUT2D eigenvalue weighted by atomic mass is 31.2. The van der Waals surface area contributed by atoms with E-state index in [1.54, 1.807) is 12.2 Å². The number of ether oxygens (including phenoxy) is 2. The second kappa shape index (κ2) is 36.3. The number of hydrogen-bond donors (Lipinski definition) is 3. The normalized spacial score (nSPS) is 19.4. The smallest absolute Gasteiger partial charge is 0.462 e. The number of hydrogen-bond acceptors (Lipinski definition) is 10. The van der Waals surface area contributed by atoms with Crippen LogP contribution in [0.25, 0.3) is 0 Å². The predicted molar refractivity (Wildman–Crippen MR) is 253 cm³/mol. The molecule has 0 aromatic heterocycles. The van der Waals surface area contributed by atoms with E-state index in [-0.39, 0.29) is 44.2 Å². The molecule has 63 heavy (non-hydrogen) atoms. The molecule has 0 bridgehead atoms. The minimum Gasteiger partial charge on any atom is -0.462 e. The van der Waals surface area contributed by atoms with E-state index >= 15 is 0 Å². The number of esters is 2. The molecule has 1 rings (SSSR count). The van der Waals surface area contributed by atoms with Crippen molar-refractivity contribution >= 4 is 25.5 Å². The zero-order valence-electron chi connectivity index (χ0n) is 39.5. The maximum absolute atomic E-state index is 12.8. The average Bonchev–Trinajstić information content (AvgIpc) is 3.50. The molecule has 3 N–H and O–H groups in total. The van der Waals surface area contributed by atoms with E-state index < -0.39 is 50.6 Å². The number of likely N-dealkylation sites (N-methyl/N-ethyl adjacent to an activating group) is 1. The monoisotopic (exact) mass is 907 g/mol. The summed E-state index contributed by atoms with van der Waals surface area (Å²) in [6.07, 6.45) is 38.9. The van der Waals surface area contributed by atoms with E-state index in [9.17, 15) is 34.1 Å². The summed E-state index contributed by atoms with van der Waals surface area (Å²) in [6, 6.07) is 0. The van der Waals surface area contributed by atoms with Gasteiger partial charge in [0.15, 0.2) is 6.10 Å². The zero-order chi connectivity index (χ0) is 46.6. The largest absolute Gasteiger partial charge is 0.472 e. The highest BCUT2D eigenvalue weighted by Gasteiger charge is 2.39. The van der Waals surface area contributed by atoms with Crippen LogP contribution >= 0.6 is 7.82 Å². The van der Waals surface area contributed by atoms with Crippen LogP contribution in [-0.4, -0.2) is 103 Å². The molecule has 0 spiro atoms. The van der Waals surface area contributed by atoms with Crippen LogP contribution < -0.4 is 0 Å². The maximum atomic E-state index is 12.8. The number of phosphoric ester groups is 1. The Kier molecular flexibility index (Phi) is 33.4. The summed E-state index contributed by atoms with van der Waals surface area (Å²) in [4.78, 5) is 48.2. The van der Waals surface area contributed by atoms with Crippen molar-refractivity contribution in [3.8, 4) is 0 Å². The zero-order valence-corrected chi connectivity index (χ0v) is 40.4. The first-order valence-electron chi connectivity index (χ1n) is 23.8. The summed E-state index contributed by atoms with van der Waals surface area (Å²) in [5.74, 6) is -1.78. The van der Waals surface area contributed by atoms with Crippen LogP contribution in [0.15, 0.2) is 72.9 Å². The molecule has 13 heteroatoms. The number of nitrogens with zero attached hydrogens (tertiary/aromatic N) is 1. The number of aliphatic hydroxyl groups is 2. The number of allylic oxidation sites excluding steroid dienone is 11. The first-order valence-corrected chi connectivity index (χ1v) is 25.3. The van der Waals surface area contributed by atoms with Gasteiger partial charge in [-0.3, -0.25) is 23.4 Å². The van der Waals surface area contributed by atoms with Crippen LogP contribution in [-0.2, 0) is 37.5 Å². The van der Waals surface area contributed by atoms with E-state index in [1.165, 1.54) is 25.7 Å². The van der Waals surface area contributed by atoms with Crippen molar-refractivity contribution < 1.29 is 57.1 Å². The third-order valence-electron chi connectivity index (χ3n) is 10.6. The third kappa shape index (κ3) is 33.2. The number of carbonyl (C=O) groups is 3. The van der Waals surface area contributed by atoms with E-state index in [2.05, 4.69) is 62.5 Å². The number of aliphatic hydroxyl groups excluding tert-OH is 2. The number of phosphoric acid groups is 1. The van der Waals surface area contributed by atoms with Crippen molar-refractivity contribution in [2.75, 3.05) is 47.5 Å². The second-order valence-electron chi connectivity index (χ2n) is 17.6. The fraction of sp³-hybridized carbons (Fsp3) is 0.700. The first-order chi connectivity index (χ1) is 30.2. The molecule has 0 aromatic rings. The Bertz CT molecular complexity index is 1460. The van der Waals surface area contributed by atoms with Gasteiger partial charge in [-0.25, -0.2) is 4.57 Å². The predicted octanol–water partition coefficient (Wildman–Crippen LogP) is 10.4. The lowest BCUT2D eigenvalue weighted by atomic mass is 9.90. The van der Waals surface area contributed by atoms with Gasteiger partial charge in [-0.1, -0.05) is 125 Å². The fourth-order valence-electron chi connectivity index (χ4n) is 6.74. The van der Waals surface area contributed by atoms with Crippen LogP contribution in [0.4, 0.5) is 0 Å². The molecular weight excluding hydrogens is 822 g/mol. The van der Waals surface area contributed by atoms with Crippen molar-refractivity contribution in [2.45, 2.75) is 167 Å². The lowest BCUT2D eigenvalue weighted by molar-refractivity contribution is -0.870. The summed E-state index contributed by atoms with van der Waals surface area (Å²) >= 11 is 0. The third-order valence-corrected chi connectivity index (χ3v) is 11.6. The molecule has 0 amide bonds. The molecule has 0 saturated heterocycles. The Balaban J connectivity index is 2.50. The van der Waals surface area contributed by atoms with Crippen molar-refractivity contribution in [2.24, 2.45) is 11.8 Å². The number of ketones is 1. The van der Waals surface area contributed by atoms with Gasteiger partial charge in [-0.2, -0.15) is 0 Å². The molecule has 360 valence electrons. The molecule has 1 saturated carbocycles. The van der Waals surface area contributed by atoms with E-state index in [1.807, 2.05) is 33.3 Å². The summed E-state index contributed by atoms with van der Waals surface area (Å²) in [6.45, 7) is 3.93. The highest BCUT2D eigenvalue weighted by Crippen LogP contribution is 2.43. The number of carbonyl (C=O) groups excluding carboxylic acids is 3. The van der Waals surface area contributed by atoms with Crippen molar-refractivity contribution in [3.63, 3.8) is 0 Å². The molecule has 0 aliphatic heterocycles. The molecule has 0 aromatic carbocycles. The standard InChI is InChI=1S/C50H84NO11P/c1-6-8-10-11-12-13-14-15-16-17-18-19-20-21-22-23-24-25-31-35-50(56)62-44(42-61-63(57,58)60-39-38-51(3,4)5)41-59-49(55)34-30-27-26-29-33-45-46(48(54)40-47(45)53)37-36-43(52)32-28-9-7-2/h12-13,15-16,18-19,21-22,26,29,36-37,43-47,52-53H,6-11,14,17,20,23-25,27-28,30-35,38-42H2,1-5H3/p+1/b13-12-,16-15-,19-18-,22-21-,29-26-,37-36+/t43-,44+,45+,46+,47-/m0/s1. The van der Waals surface area contributed by atoms with Gasteiger partial charge in [-0.05, 0) is 77.0 Å². The minimum absolute atomic E-state index is 0.0213. The minimum atomic E-state index is -4.46. The van der Waals surface area contributed by atoms with Gasteiger partial charge in [-0.15, -0.1) is 0 Å². The summed E-state index contributed by atoms with van der Waals surface area (Å²) in [5.41, 5.74) is 0. The molecule has 0 heterocycles. The summed E-state index contributed by atoms with van der Waals surface area (Å²) < 4.78 is 34.2. The number of unbranched alkanes of at least 4 members (excludes halogenated alkanes) is 9. The Morgan fingerprint density at radius 3 is 1.95 bits per heavy atom. The van der Waals surface area contributed by atoms with Gasteiger partial charge >= 0.3 is 19.8 Å². The Hall–Kier alpha value is -2.96. The molecule has 1 unspecified atom stereocenters. The molecular formula is C50H85NO11P+. The highest BCUT2D eigenvalue weighted by molar-refractivity contribution is 7.47. The lowest BCUT2D eigenvalue weighted by Gasteiger charge is -2.24. The fourth-order valence-corrected chi connectivity index (χ4v) is 7.48. The molecule has 6 atom stereocenters. The lowest BCUT2D eigenvalue weighted by Crippen LogP contribution is -2.37. The van der Waals surface area contributed by atoms with Gasteiger partial charge in [0.1, 0.15) is 25.5 Å². The van der Waals surface area contributed by atoms with Crippen LogP contribution in [0.3, 0.4) is 0 Å². The van der Waals surface area contributed by atoms with E-state index in [4.69, 9.17) is 18.5 Å². The molecule has 1 aliphatic rings. The number of quaternary nitrogens is 1. The SMILES string of the molecule is CCCCC/C=C\C/C=C\C/C=C\C/C=C\CCCCCC(=O)O[C@H](COC(=O)CCC/C=C\C[C@H]1[C@@H](O)CC(=O)[C@@H]1/C=C/[C@@H](O)CCCCC)COP(=O)(O)OCC[N+](C)(C)C. The van der Waals surface area contributed by atoms with E-state index in [0.717, 1.165) is 57.8 Å². The molecule has 1 fully saturated rings. The second-order valence-corrected chi connectivity index (χ2v) is 19.0. The average molecular weight is 907 g/mol. The molecule has 0 radical (unpaired) electrons.